The molecule has 0 atom stereocenters. The van der Waals surface area contributed by atoms with Crippen LogP contribution in [0.15, 0.2) is 52.5 Å². The first-order valence-corrected chi connectivity index (χ1v) is 7.26. The quantitative estimate of drug-likeness (QED) is 0.389. The van der Waals surface area contributed by atoms with Crippen molar-refractivity contribution in [3.63, 3.8) is 0 Å². The first kappa shape index (κ1) is 15.4. The minimum Gasteiger partial charge on any atom is -0.401 e. The summed E-state index contributed by atoms with van der Waals surface area (Å²) in [5.74, 6) is -0.248. The number of hydrogen-bond acceptors (Lipinski definition) is 4. The maximum Gasteiger partial charge on any atom is 0.254 e. The number of allylic oxidation sites excluding steroid dienone is 5. The second-order valence-electron chi connectivity index (χ2n) is 4.92. The van der Waals surface area contributed by atoms with Gasteiger partial charge in [0.2, 0.25) is 5.78 Å². The normalized spacial score (nSPS) is 16.0. The molecule has 1 heterocycles. The summed E-state index contributed by atoms with van der Waals surface area (Å²) in [5, 5.41) is 0. The number of rotatable bonds is 4. The smallest absolute Gasteiger partial charge is 0.254 e. The molecule has 0 unspecified atom stereocenters. The van der Waals surface area contributed by atoms with Crippen LogP contribution in [-0.2, 0) is 0 Å². The highest BCUT2D eigenvalue weighted by Gasteiger charge is 2.15. The molecule has 1 aromatic rings. The minimum absolute atomic E-state index is 0.181. The van der Waals surface area contributed by atoms with Crippen LogP contribution in [0.3, 0.4) is 0 Å². The van der Waals surface area contributed by atoms with Crippen molar-refractivity contribution in [1.82, 2.24) is 4.57 Å². The molecule has 0 spiro atoms. The number of nitrogens with zero attached hydrogens (tertiary/aromatic N) is 1. The Balaban J connectivity index is 2.48. The molecule has 0 fully saturated rings. The fraction of sp³-hybridized carbons (Fsp3) is 0.250. The molecule has 0 aromatic carbocycles. The average Bonchev–Trinajstić information content (AvgIpc) is 2.48. The Morgan fingerprint density at radius 3 is 2.71 bits per heavy atom. The molecule has 110 valence electrons. The number of Topliss-reactive ketones (excluding diaryl/α,β-unsaturated/α-hetero) is 1. The summed E-state index contributed by atoms with van der Waals surface area (Å²) in [7, 11) is 0. The van der Waals surface area contributed by atoms with Crippen LogP contribution in [0.4, 0.5) is 0 Å². The Kier molecular flexibility index (Phi) is 4.85. The van der Waals surface area contributed by atoms with Gasteiger partial charge in [0.05, 0.1) is 4.91 Å². The fourth-order valence-electron chi connectivity index (χ4n) is 2.36. The molecule has 0 radical (unpaired) electrons. The first-order valence-electron chi connectivity index (χ1n) is 6.81. The number of carbonyl (C=O) groups is 1. The van der Waals surface area contributed by atoms with E-state index in [1.54, 1.807) is 6.20 Å². The molecule has 2 rings (SSSR count). The highest BCUT2D eigenvalue weighted by atomic mass is 32.1. The van der Waals surface area contributed by atoms with Crippen molar-refractivity contribution in [2.45, 2.75) is 25.7 Å². The third kappa shape index (κ3) is 3.36. The second-order valence-corrected chi connectivity index (χ2v) is 5.40. The molecule has 4 nitrogen and oxygen atoms in total. The third-order valence-corrected chi connectivity index (χ3v) is 3.80. The van der Waals surface area contributed by atoms with Gasteiger partial charge >= 0.3 is 0 Å². The lowest BCUT2D eigenvalue weighted by molar-refractivity contribution is 0.104. The number of carbonyl (C=O) groups excluding carboxylic acids is 1. The highest BCUT2D eigenvalue weighted by molar-refractivity contribution is 7.85. The predicted molar refractivity (Wildman–Crippen MR) is 88.2 cm³/mol. The standard InChI is InChI=1S/C16H18N2O2S/c1-2-5-14(21)16(20)11-8-9-15(19)18(10-11)13-7-4-3-6-12(13)17/h2,5,8-10,21H,1,3-4,6-7,17H2/b14-5-. The molecular weight excluding hydrogens is 284 g/mol. The van der Waals surface area contributed by atoms with Crippen molar-refractivity contribution in [3.05, 3.63) is 63.6 Å². The number of nitrogens with two attached hydrogens (primary N) is 1. The van der Waals surface area contributed by atoms with Gasteiger partial charge in [0.1, 0.15) is 0 Å². The zero-order chi connectivity index (χ0) is 15.4. The second kappa shape index (κ2) is 6.63. The summed E-state index contributed by atoms with van der Waals surface area (Å²) in [6.45, 7) is 3.54. The van der Waals surface area contributed by atoms with E-state index in [0.717, 1.165) is 37.1 Å². The lowest BCUT2D eigenvalue weighted by atomic mass is 10.0. The molecular formula is C16H18N2O2S. The zero-order valence-corrected chi connectivity index (χ0v) is 12.6. The Morgan fingerprint density at radius 2 is 2.05 bits per heavy atom. The molecule has 1 aliphatic carbocycles. The van der Waals surface area contributed by atoms with Gasteiger partial charge in [0.25, 0.3) is 5.56 Å². The van der Waals surface area contributed by atoms with Crippen LogP contribution >= 0.6 is 12.6 Å². The summed E-state index contributed by atoms with van der Waals surface area (Å²) < 4.78 is 1.48. The number of aromatic nitrogens is 1. The van der Waals surface area contributed by atoms with Crippen molar-refractivity contribution in [1.29, 1.82) is 0 Å². The monoisotopic (exact) mass is 302 g/mol. The largest absolute Gasteiger partial charge is 0.401 e. The third-order valence-electron chi connectivity index (χ3n) is 3.45. The summed E-state index contributed by atoms with van der Waals surface area (Å²) in [6, 6.07) is 2.89. The lowest BCUT2D eigenvalue weighted by Gasteiger charge is -2.19. The van der Waals surface area contributed by atoms with Crippen molar-refractivity contribution >= 4 is 24.1 Å². The van der Waals surface area contributed by atoms with Crippen molar-refractivity contribution < 1.29 is 4.79 Å². The molecule has 1 aliphatic rings. The maximum atomic E-state index is 12.2. The van der Waals surface area contributed by atoms with Gasteiger partial charge in [-0.25, -0.2) is 0 Å². The number of hydrogen-bond donors (Lipinski definition) is 2. The molecule has 1 aromatic heterocycles. The number of ketones is 1. The van der Waals surface area contributed by atoms with E-state index in [9.17, 15) is 9.59 Å². The van der Waals surface area contributed by atoms with E-state index in [0.29, 0.717) is 5.56 Å². The molecule has 0 amide bonds. The van der Waals surface area contributed by atoms with E-state index in [2.05, 4.69) is 19.2 Å². The van der Waals surface area contributed by atoms with E-state index < -0.39 is 0 Å². The molecule has 0 saturated heterocycles. The van der Waals surface area contributed by atoms with Gasteiger partial charge in [-0.3, -0.25) is 14.2 Å². The average molecular weight is 302 g/mol. The van der Waals surface area contributed by atoms with Gasteiger partial charge < -0.3 is 5.73 Å². The Hall–Kier alpha value is -2.01. The molecule has 21 heavy (non-hydrogen) atoms. The van der Waals surface area contributed by atoms with Crippen LogP contribution in [0.1, 0.15) is 36.0 Å². The number of thiol groups is 1. The summed E-state index contributed by atoms with van der Waals surface area (Å²) >= 11 is 4.14. The SMILES string of the molecule is C=C/C=C(\S)C(=O)c1ccc(=O)n(C2=C(N)CCCC2)c1. The van der Waals surface area contributed by atoms with Crippen LogP contribution in [0.5, 0.6) is 0 Å². The van der Waals surface area contributed by atoms with Crippen LogP contribution in [0.2, 0.25) is 0 Å². The molecule has 5 heteroatoms. The minimum atomic E-state index is -0.248. The first-order chi connectivity index (χ1) is 10.0. The maximum absolute atomic E-state index is 12.2. The van der Waals surface area contributed by atoms with E-state index in [1.165, 1.54) is 28.9 Å². The molecule has 0 saturated carbocycles. The molecule has 2 N–H and O–H groups in total. The van der Waals surface area contributed by atoms with Gasteiger partial charge in [-0.1, -0.05) is 12.7 Å². The predicted octanol–water partition coefficient (Wildman–Crippen LogP) is 2.73. The van der Waals surface area contributed by atoms with Gasteiger partial charge in [-0.05, 0) is 37.8 Å². The fourth-order valence-corrected chi connectivity index (χ4v) is 2.59. The van der Waals surface area contributed by atoms with Gasteiger partial charge in [0.15, 0.2) is 0 Å². The van der Waals surface area contributed by atoms with Crippen molar-refractivity contribution in [2.24, 2.45) is 5.73 Å². The van der Waals surface area contributed by atoms with Gasteiger partial charge in [-0.2, -0.15) is 0 Å². The molecule has 0 bridgehead atoms. The Morgan fingerprint density at radius 1 is 1.33 bits per heavy atom. The van der Waals surface area contributed by atoms with Crippen LogP contribution in [0.25, 0.3) is 5.70 Å². The summed E-state index contributed by atoms with van der Waals surface area (Å²) in [4.78, 5) is 24.5. The highest BCUT2D eigenvalue weighted by Crippen LogP contribution is 2.24. The van der Waals surface area contributed by atoms with Crippen LogP contribution in [-0.4, -0.2) is 10.4 Å². The van der Waals surface area contributed by atoms with E-state index in [1.807, 2.05) is 0 Å². The van der Waals surface area contributed by atoms with E-state index in [-0.39, 0.29) is 16.2 Å². The van der Waals surface area contributed by atoms with Crippen LogP contribution < -0.4 is 11.3 Å². The Bertz CT molecular complexity index is 698. The lowest BCUT2D eigenvalue weighted by Crippen LogP contribution is -2.23. The zero-order valence-electron chi connectivity index (χ0n) is 11.7. The van der Waals surface area contributed by atoms with Gasteiger partial charge in [-0.15, -0.1) is 12.6 Å². The van der Waals surface area contributed by atoms with E-state index >= 15 is 0 Å². The van der Waals surface area contributed by atoms with Gasteiger partial charge in [0, 0.05) is 29.2 Å². The van der Waals surface area contributed by atoms with Crippen molar-refractivity contribution in [2.75, 3.05) is 0 Å². The molecule has 0 aliphatic heterocycles. The Labute approximate surface area is 129 Å². The van der Waals surface area contributed by atoms with Crippen LogP contribution in [0, 0.1) is 0 Å². The van der Waals surface area contributed by atoms with E-state index in [4.69, 9.17) is 5.73 Å². The topological polar surface area (TPSA) is 65.1 Å². The van der Waals surface area contributed by atoms with Crippen molar-refractivity contribution in [3.8, 4) is 0 Å². The number of pyridine rings is 1. The summed E-state index contributed by atoms with van der Waals surface area (Å²) in [5.41, 5.74) is 7.76. The summed E-state index contributed by atoms with van der Waals surface area (Å²) in [6.07, 6.45) is 8.13.